The molecule has 0 saturated heterocycles. The van der Waals surface area contributed by atoms with Crippen LogP contribution in [0.5, 0.6) is 5.75 Å². The molecule has 0 aliphatic rings. The number of carbonyl (C=O) groups excluding carboxylic acids is 2. The van der Waals surface area contributed by atoms with Crippen molar-refractivity contribution < 1.29 is 14.3 Å². The predicted molar refractivity (Wildman–Crippen MR) is 97.8 cm³/mol. The first-order chi connectivity index (χ1) is 12.1. The molecule has 0 aromatic heterocycles. The summed E-state index contributed by atoms with van der Waals surface area (Å²) in [5.41, 5.74) is 4.55. The largest absolute Gasteiger partial charge is 0.494 e. The molecule has 0 unspecified atom stereocenters. The molecule has 0 spiro atoms. The fourth-order valence-electron chi connectivity index (χ4n) is 2.20. The maximum absolute atomic E-state index is 11.9. The van der Waals surface area contributed by atoms with Crippen LogP contribution in [0.2, 0.25) is 0 Å². The molecule has 6 nitrogen and oxygen atoms in total. The molecule has 0 aliphatic heterocycles. The third-order valence-electron chi connectivity index (χ3n) is 3.40. The number of anilines is 1. The lowest BCUT2D eigenvalue weighted by molar-refractivity contribution is -0.136. The molecule has 0 radical (unpaired) electrons. The Morgan fingerprint density at radius 3 is 2.64 bits per heavy atom. The van der Waals surface area contributed by atoms with Crippen LogP contribution in [0.4, 0.5) is 5.69 Å². The van der Waals surface area contributed by atoms with Gasteiger partial charge in [0.1, 0.15) is 5.75 Å². The van der Waals surface area contributed by atoms with Crippen molar-refractivity contribution in [2.24, 2.45) is 5.10 Å². The number of para-hydroxylation sites is 1. The summed E-state index contributed by atoms with van der Waals surface area (Å²) in [6.45, 7) is 4.44. The van der Waals surface area contributed by atoms with Crippen LogP contribution in [-0.2, 0) is 16.0 Å². The molecular weight excluding hydrogens is 318 g/mol. The number of amides is 2. The molecule has 2 amide bonds. The summed E-state index contributed by atoms with van der Waals surface area (Å²) in [7, 11) is 0. The highest BCUT2D eigenvalue weighted by Gasteiger charge is 2.14. The van der Waals surface area contributed by atoms with Gasteiger partial charge >= 0.3 is 11.8 Å². The van der Waals surface area contributed by atoms with E-state index in [1.54, 1.807) is 18.2 Å². The summed E-state index contributed by atoms with van der Waals surface area (Å²) in [6, 6.07) is 14.6. The number of rotatable bonds is 6. The van der Waals surface area contributed by atoms with Gasteiger partial charge in [-0.3, -0.25) is 9.59 Å². The van der Waals surface area contributed by atoms with E-state index in [1.165, 1.54) is 6.21 Å². The van der Waals surface area contributed by atoms with Crippen LogP contribution in [0, 0.1) is 0 Å². The standard InChI is InChI=1S/C19H21N3O3/c1-3-15-9-5-6-11-17(15)21-18(23)19(24)22-20-13-14-8-7-10-16(12-14)25-4-2/h5-13H,3-4H2,1-2H3,(H,21,23)(H,22,24)/b20-13-. The van der Waals surface area contributed by atoms with Crippen molar-refractivity contribution in [3.05, 3.63) is 59.7 Å². The van der Waals surface area contributed by atoms with Gasteiger partial charge in [0.05, 0.1) is 12.8 Å². The Balaban J connectivity index is 1.93. The maximum atomic E-state index is 11.9. The van der Waals surface area contributed by atoms with Gasteiger partial charge in [-0.1, -0.05) is 37.3 Å². The number of hydrogen-bond acceptors (Lipinski definition) is 4. The van der Waals surface area contributed by atoms with Crippen molar-refractivity contribution in [2.75, 3.05) is 11.9 Å². The maximum Gasteiger partial charge on any atom is 0.329 e. The van der Waals surface area contributed by atoms with Crippen LogP contribution in [0.1, 0.15) is 25.0 Å². The van der Waals surface area contributed by atoms with Crippen molar-refractivity contribution in [2.45, 2.75) is 20.3 Å². The van der Waals surface area contributed by atoms with Gasteiger partial charge in [-0.25, -0.2) is 5.43 Å². The van der Waals surface area contributed by atoms with Crippen molar-refractivity contribution in [1.29, 1.82) is 0 Å². The van der Waals surface area contributed by atoms with Crippen molar-refractivity contribution in [3.63, 3.8) is 0 Å². The average molecular weight is 339 g/mol. The molecule has 0 atom stereocenters. The number of nitrogens with one attached hydrogen (secondary N) is 2. The molecule has 0 fully saturated rings. The lowest BCUT2D eigenvalue weighted by atomic mass is 10.1. The van der Waals surface area contributed by atoms with Gasteiger partial charge in [-0.05, 0) is 42.7 Å². The Kier molecular flexibility index (Phi) is 6.71. The quantitative estimate of drug-likeness (QED) is 0.482. The zero-order valence-corrected chi connectivity index (χ0v) is 14.3. The first-order valence-electron chi connectivity index (χ1n) is 8.09. The third kappa shape index (κ3) is 5.46. The lowest BCUT2D eigenvalue weighted by Gasteiger charge is -2.08. The number of hydrogen-bond donors (Lipinski definition) is 2. The molecule has 0 bridgehead atoms. The van der Waals surface area contributed by atoms with Crippen molar-refractivity contribution in [3.8, 4) is 5.75 Å². The molecule has 0 aliphatic carbocycles. The zero-order valence-electron chi connectivity index (χ0n) is 14.3. The van der Waals surface area contributed by atoms with E-state index in [0.29, 0.717) is 18.0 Å². The Morgan fingerprint density at radius 1 is 1.08 bits per heavy atom. The van der Waals surface area contributed by atoms with Crippen LogP contribution in [0.25, 0.3) is 0 Å². The number of carbonyl (C=O) groups is 2. The zero-order chi connectivity index (χ0) is 18.1. The summed E-state index contributed by atoms with van der Waals surface area (Å²) in [5.74, 6) is -0.879. The topological polar surface area (TPSA) is 79.8 Å². The van der Waals surface area contributed by atoms with E-state index in [2.05, 4.69) is 15.8 Å². The van der Waals surface area contributed by atoms with Gasteiger partial charge in [0.2, 0.25) is 0 Å². The Labute approximate surface area is 146 Å². The summed E-state index contributed by atoms with van der Waals surface area (Å²) in [6.07, 6.45) is 2.21. The summed E-state index contributed by atoms with van der Waals surface area (Å²) in [4.78, 5) is 23.8. The van der Waals surface area contributed by atoms with E-state index >= 15 is 0 Å². The molecular formula is C19H21N3O3. The number of benzene rings is 2. The molecule has 0 heterocycles. The smallest absolute Gasteiger partial charge is 0.329 e. The van der Waals surface area contributed by atoms with E-state index in [1.807, 2.05) is 44.2 Å². The molecule has 130 valence electrons. The Hall–Kier alpha value is -3.15. The third-order valence-corrected chi connectivity index (χ3v) is 3.40. The van der Waals surface area contributed by atoms with E-state index in [-0.39, 0.29) is 0 Å². The van der Waals surface area contributed by atoms with Crippen LogP contribution >= 0.6 is 0 Å². The summed E-state index contributed by atoms with van der Waals surface area (Å²) < 4.78 is 5.39. The van der Waals surface area contributed by atoms with Crippen molar-refractivity contribution in [1.82, 2.24) is 5.43 Å². The molecule has 25 heavy (non-hydrogen) atoms. The fraction of sp³-hybridized carbons (Fsp3) is 0.211. The van der Waals surface area contributed by atoms with E-state index in [0.717, 1.165) is 17.5 Å². The normalized spacial score (nSPS) is 10.5. The van der Waals surface area contributed by atoms with Gasteiger partial charge in [-0.2, -0.15) is 5.10 Å². The first-order valence-corrected chi connectivity index (χ1v) is 8.09. The van der Waals surface area contributed by atoms with Gasteiger partial charge in [0, 0.05) is 5.69 Å². The Bertz CT molecular complexity index is 772. The molecule has 0 saturated carbocycles. The highest BCUT2D eigenvalue weighted by atomic mass is 16.5. The van der Waals surface area contributed by atoms with E-state index in [9.17, 15) is 9.59 Å². The van der Waals surface area contributed by atoms with Crippen LogP contribution in [-0.4, -0.2) is 24.6 Å². The highest BCUT2D eigenvalue weighted by Crippen LogP contribution is 2.15. The number of hydrazone groups is 1. The minimum Gasteiger partial charge on any atom is -0.494 e. The van der Waals surface area contributed by atoms with Crippen LogP contribution < -0.4 is 15.5 Å². The van der Waals surface area contributed by atoms with Gasteiger partial charge < -0.3 is 10.1 Å². The number of ether oxygens (including phenoxy) is 1. The predicted octanol–water partition coefficient (Wildman–Crippen LogP) is 2.74. The highest BCUT2D eigenvalue weighted by molar-refractivity contribution is 6.39. The SMILES string of the molecule is CCOc1cccc(/C=N\NC(=O)C(=O)Nc2ccccc2CC)c1. The second-order valence-electron chi connectivity index (χ2n) is 5.17. The van der Waals surface area contributed by atoms with Gasteiger partial charge in [0.15, 0.2) is 0 Å². The monoisotopic (exact) mass is 339 g/mol. The van der Waals surface area contributed by atoms with Crippen LogP contribution in [0.3, 0.4) is 0 Å². The van der Waals surface area contributed by atoms with Gasteiger partial charge in [0.25, 0.3) is 0 Å². The minimum absolute atomic E-state index is 0.566. The molecule has 2 aromatic rings. The van der Waals surface area contributed by atoms with E-state index < -0.39 is 11.8 Å². The van der Waals surface area contributed by atoms with Gasteiger partial charge in [-0.15, -0.1) is 0 Å². The second-order valence-corrected chi connectivity index (χ2v) is 5.17. The average Bonchev–Trinajstić information content (AvgIpc) is 2.62. The molecule has 2 N–H and O–H groups in total. The van der Waals surface area contributed by atoms with E-state index in [4.69, 9.17) is 4.74 Å². The summed E-state index contributed by atoms with van der Waals surface area (Å²) in [5, 5.41) is 6.40. The second kappa shape index (κ2) is 9.22. The number of nitrogens with zero attached hydrogens (tertiary/aromatic N) is 1. The molecule has 2 rings (SSSR count). The van der Waals surface area contributed by atoms with Crippen LogP contribution in [0.15, 0.2) is 53.6 Å². The Morgan fingerprint density at radius 2 is 1.88 bits per heavy atom. The minimum atomic E-state index is -0.830. The van der Waals surface area contributed by atoms with Crippen molar-refractivity contribution >= 4 is 23.7 Å². The molecule has 6 heteroatoms. The molecule has 2 aromatic carbocycles. The number of aryl methyl sites for hydroxylation is 1. The fourth-order valence-corrected chi connectivity index (χ4v) is 2.20. The lowest BCUT2D eigenvalue weighted by Crippen LogP contribution is -2.32. The first kappa shape index (κ1) is 18.2. The summed E-state index contributed by atoms with van der Waals surface area (Å²) >= 11 is 0.